The third-order valence-electron chi connectivity index (χ3n) is 3.51. The van der Waals surface area contributed by atoms with Crippen LogP contribution in [0, 0.1) is 11.3 Å². The third-order valence-corrected chi connectivity index (χ3v) is 3.96. The van der Waals surface area contributed by atoms with Gasteiger partial charge in [-0.1, -0.05) is 41.9 Å². The summed E-state index contributed by atoms with van der Waals surface area (Å²) in [6.07, 6.45) is 0. The average molecular weight is 390 g/mol. The maximum atomic E-state index is 9.23. The van der Waals surface area contributed by atoms with Crippen LogP contribution in [0.2, 0.25) is 0 Å². The van der Waals surface area contributed by atoms with Gasteiger partial charge in [0.1, 0.15) is 25.0 Å². The predicted octanol–water partition coefficient (Wildman–Crippen LogP) is 4.91. The Balaban J connectivity index is 1.94. The molecule has 0 aromatic heterocycles. The molecule has 0 aliphatic rings. The van der Waals surface area contributed by atoms with Gasteiger partial charge in [0.05, 0.1) is 12.7 Å². The molecule has 0 heterocycles. The van der Waals surface area contributed by atoms with Gasteiger partial charge in [0.15, 0.2) is 11.5 Å². The minimum Gasteiger partial charge on any atom is -0.493 e. The molecule has 0 aliphatic heterocycles. The number of benzene rings is 2. The first-order valence-electron chi connectivity index (χ1n) is 7.68. The summed E-state index contributed by atoms with van der Waals surface area (Å²) in [6, 6.07) is 13.6. The van der Waals surface area contributed by atoms with Crippen LogP contribution in [0.4, 0.5) is 0 Å². The van der Waals surface area contributed by atoms with E-state index in [1.807, 2.05) is 12.1 Å². The van der Waals surface area contributed by atoms with Crippen LogP contribution < -0.4 is 14.2 Å². The average Bonchev–Trinajstić information content (AvgIpc) is 2.59. The van der Waals surface area contributed by atoms with Crippen molar-refractivity contribution in [3.8, 4) is 23.3 Å². The normalized spacial score (nSPS) is 10.3. The van der Waals surface area contributed by atoms with E-state index in [0.29, 0.717) is 36.2 Å². The molecule has 0 saturated carbocycles. The lowest BCUT2D eigenvalue weighted by Crippen LogP contribution is -2.10. The number of nitriles is 1. The Morgan fingerprint density at radius 2 is 1.75 bits per heavy atom. The Morgan fingerprint density at radius 1 is 1.08 bits per heavy atom. The molecule has 0 N–H and O–H groups in total. The fourth-order valence-electron chi connectivity index (χ4n) is 2.20. The summed E-state index contributed by atoms with van der Waals surface area (Å²) in [5.74, 6) is 2.24. The zero-order chi connectivity index (χ0) is 17.5. The zero-order valence-electron chi connectivity index (χ0n) is 14.0. The maximum Gasteiger partial charge on any atom is 0.179 e. The highest BCUT2D eigenvalue weighted by molar-refractivity contribution is 9.10. The largest absolute Gasteiger partial charge is 0.493 e. The van der Waals surface area contributed by atoms with Crippen LogP contribution in [0.15, 0.2) is 40.9 Å². The summed E-state index contributed by atoms with van der Waals surface area (Å²) >= 11 is 3.35. The van der Waals surface area contributed by atoms with E-state index >= 15 is 0 Å². The molecule has 24 heavy (non-hydrogen) atoms. The van der Waals surface area contributed by atoms with E-state index in [9.17, 15) is 5.26 Å². The van der Waals surface area contributed by atoms with Crippen molar-refractivity contribution in [1.29, 1.82) is 5.26 Å². The number of nitrogens with zero attached hydrogens (tertiary/aromatic N) is 1. The first-order valence-corrected chi connectivity index (χ1v) is 8.47. The third kappa shape index (κ3) is 4.65. The van der Waals surface area contributed by atoms with Crippen LogP contribution in [0.25, 0.3) is 0 Å². The second-order valence-electron chi connectivity index (χ2n) is 5.52. The van der Waals surface area contributed by atoms with Gasteiger partial charge in [-0.15, -0.1) is 0 Å². The molecule has 2 rings (SSSR count). The van der Waals surface area contributed by atoms with Crippen LogP contribution >= 0.6 is 15.9 Å². The molecule has 5 heteroatoms. The van der Waals surface area contributed by atoms with Gasteiger partial charge in [0.25, 0.3) is 0 Å². The SMILES string of the molecule is COc1cc(Br)cc(C#N)c1OCCOc1ccc(C(C)C)cc1. The lowest BCUT2D eigenvalue weighted by molar-refractivity contribution is 0.211. The molecular formula is C19H20BrNO3. The molecule has 0 radical (unpaired) electrons. The maximum absolute atomic E-state index is 9.23. The summed E-state index contributed by atoms with van der Waals surface area (Å²) in [5, 5.41) is 9.23. The Kier molecular flexibility index (Phi) is 6.51. The van der Waals surface area contributed by atoms with Gasteiger partial charge in [-0.05, 0) is 35.7 Å². The molecule has 0 amide bonds. The summed E-state index contributed by atoms with van der Waals surface area (Å²) in [5.41, 5.74) is 1.69. The van der Waals surface area contributed by atoms with E-state index in [0.717, 1.165) is 10.2 Å². The monoisotopic (exact) mass is 389 g/mol. The number of hydrogen-bond donors (Lipinski definition) is 0. The Bertz CT molecular complexity index is 721. The number of ether oxygens (including phenoxy) is 3. The van der Waals surface area contributed by atoms with Gasteiger partial charge < -0.3 is 14.2 Å². The van der Waals surface area contributed by atoms with Crippen molar-refractivity contribution < 1.29 is 14.2 Å². The minimum atomic E-state index is 0.318. The van der Waals surface area contributed by atoms with E-state index in [-0.39, 0.29) is 0 Å². The van der Waals surface area contributed by atoms with Crippen molar-refractivity contribution >= 4 is 15.9 Å². The lowest BCUT2D eigenvalue weighted by atomic mass is 10.0. The Labute approximate surface area is 151 Å². The van der Waals surface area contributed by atoms with Crippen molar-refractivity contribution in [2.75, 3.05) is 20.3 Å². The molecule has 2 aromatic rings. The second-order valence-corrected chi connectivity index (χ2v) is 6.43. The summed E-state index contributed by atoms with van der Waals surface area (Å²) in [4.78, 5) is 0. The fourth-order valence-corrected chi connectivity index (χ4v) is 2.64. The molecule has 2 aromatic carbocycles. The quantitative estimate of drug-likeness (QED) is 0.631. The highest BCUT2D eigenvalue weighted by Crippen LogP contribution is 2.34. The number of rotatable bonds is 7. The van der Waals surface area contributed by atoms with Gasteiger partial charge in [-0.3, -0.25) is 0 Å². The highest BCUT2D eigenvalue weighted by Gasteiger charge is 2.12. The predicted molar refractivity (Wildman–Crippen MR) is 96.9 cm³/mol. The number of hydrogen-bond acceptors (Lipinski definition) is 4. The van der Waals surface area contributed by atoms with Crippen LogP contribution in [0.1, 0.15) is 30.9 Å². The van der Waals surface area contributed by atoms with Crippen LogP contribution in [0.5, 0.6) is 17.2 Å². The summed E-state index contributed by atoms with van der Waals surface area (Å²) in [7, 11) is 1.54. The molecule has 126 valence electrons. The van der Waals surface area contributed by atoms with Crippen molar-refractivity contribution in [2.45, 2.75) is 19.8 Å². The zero-order valence-corrected chi connectivity index (χ0v) is 15.6. The van der Waals surface area contributed by atoms with Gasteiger partial charge in [0, 0.05) is 4.47 Å². The first-order chi connectivity index (χ1) is 11.5. The van der Waals surface area contributed by atoms with Crippen molar-refractivity contribution in [2.24, 2.45) is 0 Å². The van der Waals surface area contributed by atoms with Crippen molar-refractivity contribution in [3.63, 3.8) is 0 Å². The number of methoxy groups -OCH3 is 1. The van der Waals surface area contributed by atoms with E-state index in [1.54, 1.807) is 19.2 Å². The molecule has 0 spiro atoms. The van der Waals surface area contributed by atoms with Gasteiger partial charge in [-0.25, -0.2) is 0 Å². The topological polar surface area (TPSA) is 51.5 Å². The molecule has 0 aliphatic carbocycles. The highest BCUT2D eigenvalue weighted by atomic mass is 79.9. The molecule has 0 bridgehead atoms. The van der Waals surface area contributed by atoms with E-state index in [2.05, 4.69) is 48.0 Å². The molecule has 0 unspecified atom stereocenters. The van der Waals surface area contributed by atoms with Crippen LogP contribution in [-0.4, -0.2) is 20.3 Å². The Hall–Kier alpha value is -2.19. The van der Waals surface area contributed by atoms with Crippen LogP contribution in [0.3, 0.4) is 0 Å². The standard InChI is InChI=1S/C19H20BrNO3/c1-13(2)14-4-6-17(7-5-14)23-8-9-24-19-15(12-21)10-16(20)11-18(19)22-3/h4-7,10-11,13H,8-9H2,1-3H3. The smallest absolute Gasteiger partial charge is 0.179 e. The molecule has 0 fully saturated rings. The minimum absolute atomic E-state index is 0.318. The first kappa shape index (κ1) is 18.2. The number of halogens is 1. The molecule has 0 atom stereocenters. The van der Waals surface area contributed by atoms with Crippen LogP contribution in [-0.2, 0) is 0 Å². The lowest BCUT2D eigenvalue weighted by Gasteiger charge is -2.13. The van der Waals surface area contributed by atoms with Gasteiger partial charge in [-0.2, -0.15) is 5.26 Å². The summed E-state index contributed by atoms with van der Waals surface area (Å²) < 4.78 is 17.4. The van der Waals surface area contributed by atoms with E-state index in [4.69, 9.17) is 14.2 Å². The second kappa shape index (κ2) is 8.60. The van der Waals surface area contributed by atoms with Gasteiger partial charge in [0.2, 0.25) is 0 Å². The molecule has 4 nitrogen and oxygen atoms in total. The van der Waals surface area contributed by atoms with Crippen molar-refractivity contribution in [3.05, 3.63) is 52.0 Å². The molecule has 0 saturated heterocycles. The van der Waals surface area contributed by atoms with Crippen molar-refractivity contribution in [1.82, 2.24) is 0 Å². The summed E-state index contributed by atoms with van der Waals surface area (Å²) in [6.45, 7) is 5.01. The fraction of sp³-hybridized carbons (Fsp3) is 0.316. The van der Waals surface area contributed by atoms with E-state index in [1.165, 1.54) is 5.56 Å². The van der Waals surface area contributed by atoms with Gasteiger partial charge >= 0.3 is 0 Å². The Morgan fingerprint density at radius 3 is 2.33 bits per heavy atom. The van der Waals surface area contributed by atoms with E-state index < -0.39 is 0 Å². The molecular weight excluding hydrogens is 370 g/mol.